The van der Waals surface area contributed by atoms with Gasteiger partial charge < -0.3 is 63.3 Å². The second-order valence-electron chi connectivity index (χ2n) is 15.0. The molecule has 0 aliphatic carbocycles. The average Bonchev–Trinajstić information content (AvgIpc) is 3.80. The van der Waals surface area contributed by atoms with Crippen LogP contribution in [-0.2, 0) is 34.9 Å². The molecule has 3 aromatic carbocycles. The van der Waals surface area contributed by atoms with Crippen LogP contribution < -0.4 is 24.3 Å². The summed E-state index contributed by atoms with van der Waals surface area (Å²) in [5, 5.41) is 35.0. The lowest BCUT2D eigenvalue weighted by Gasteiger charge is -2.40. The number of esters is 1. The summed E-state index contributed by atoms with van der Waals surface area (Å²) in [4.78, 5) is 25.9. The van der Waals surface area contributed by atoms with Crippen LogP contribution in [-0.4, -0.2) is 111 Å². The first-order chi connectivity index (χ1) is 26.8. The van der Waals surface area contributed by atoms with Gasteiger partial charge in [-0.1, -0.05) is 42.5 Å². The van der Waals surface area contributed by atoms with Gasteiger partial charge in [0.25, 0.3) is 0 Å². The van der Waals surface area contributed by atoms with E-state index in [1.54, 1.807) is 71.4 Å². The molecule has 1 amide bonds. The monoisotopic (exact) mass is 781 g/mol. The maximum Gasteiger partial charge on any atom is 0.408 e. The minimum atomic E-state index is -1.72. The summed E-state index contributed by atoms with van der Waals surface area (Å²) in [5.74, 6) is 1.06. The van der Waals surface area contributed by atoms with E-state index in [1.807, 2.05) is 30.3 Å². The van der Waals surface area contributed by atoms with Crippen LogP contribution in [0.1, 0.15) is 49.7 Å². The molecule has 0 bridgehead atoms. The minimum absolute atomic E-state index is 0.0554. The molecule has 3 aliphatic heterocycles. The Morgan fingerprint density at radius 2 is 1.34 bits per heavy atom. The number of carbonyl (C=O) groups excluding carboxylic acids is 2. The van der Waals surface area contributed by atoms with E-state index in [2.05, 4.69) is 5.32 Å². The molecule has 15 nitrogen and oxygen atoms in total. The highest BCUT2D eigenvalue weighted by atomic mass is 16.7. The molecule has 3 aliphatic rings. The van der Waals surface area contributed by atoms with Gasteiger partial charge in [0.15, 0.2) is 23.0 Å². The van der Waals surface area contributed by atoms with Crippen molar-refractivity contribution in [3.8, 4) is 23.0 Å². The molecule has 4 N–H and O–H groups in total. The Kier molecular flexibility index (Phi) is 12.9. The van der Waals surface area contributed by atoms with Gasteiger partial charge >= 0.3 is 12.1 Å². The van der Waals surface area contributed by atoms with Crippen molar-refractivity contribution in [1.82, 2.24) is 5.32 Å². The summed E-state index contributed by atoms with van der Waals surface area (Å²) < 4.78 is 51.9. The third kappa shape index (κ3) is 9.31. The third-order valence-corrected chi connectivity index (χ3v) is 10.1. The first kappa shape index (κ1) is 41.0. The number of ether oxygens (including phenoxy) is 9. The number of hydrogen-bond acceptors (Lipinski definition) is 14. The molecule has 0 unspecified atom stereocenters. The van der Waals surface area contributed by atoms with Crippen molar-refractivity contribution < 1.29 is 67.5 Å². The lowest BCUT2D eigenvalue weighted by molar-refractivity contribution is -0.278. The van der Waals surface area contributed by atoms with Crippen LogP contribution in [0.25, 0.3) is 0 Å². The summed E-state index contributed by atoms with van der Waals surface area (Å²) in [6.07, 6.45) is -9.04. The molecular weight excluding hydrogens is 730 g/mol. The van der Waals surface area contributed by atoms with Crippen LogP contribution in [0.5, 0.6) is 23.0 Å². The van der Waals surface area contributed by atoms with Crippen molar-refractivity contribution in [3.63, 3.8) is 0 Å². The maximum absolute atomic E-state index is 13.3. The Labute approximate surface area is 325 Å². The normalized spacial score (nSPS) is 27.8. The highest BCUT2D eigenvalue weighted by Crippen LogP contribution is 2.51. The largest absolute Gasteiger partial charge is 0.493 e. The molecule has 0 aromatic heterocycles. The van der Waals surface area contributed by atoms with Gasteiger partial charge in [0, 0.05) is 18.3 Å². The van der Waals surface area contributed by atoms with E-state index < -0.39 is 61.0 Å². The van der Waals surface area contributed by atoms with Crippen LogP contribution in [0.4, 0.5) is 4.79 Å². The number of alkyl carbamates (subject to hydrolysis) is 1. The number of benzene rings is 3. The number of fused-ring (bicyclic) bond motifs is 1. The first-order valence-corrected chi connectivity index (χ1v) is 18.5. The van der Waals surface area contributed by atoms with Gasteiger partial charge in [-0.3, -0.25) is 0 Å². The minimum Gasteiger partial charge on any atom is -0.493 e. The summed E-state index contributed by atoms with van der Waals surface area (Å²) in [6.45, 7) is 5.52. The van der Waals surface area contributed by atoms with Crippen molar-refractivity contribution in [2.75, 3.05) is 41.2 Å². The number of nitrogens with one attached hydrogen (secondary N) is 1. The molecule has 0 spiro atoms. The standard InChI is InChI=1S/C41H51NO14/c1-41(2,3)56-40(47)42-27(16-22-10-8-7-9-11-22)38(46)53-21-32-33(43)34(44)35(45)39(55-32)54-29-15-13-24(18-31(29)50-6)37-26-20-51-36(25(26)19-52-37)23-12-14-28(48-4)30(17-23)49-5/h7-15,17-18,25-27,32-37,39,43-45H,16,19-21H2,1-6H3,(H,42,47)/t25-,26-,27-,32+,33+,34-,35+,36-,37+,39-/m0/s1. The van der Waals surface area contributed by atoms with Gasteiger partial charge in [0.1, 0.15) is 42.7 Å². The van der Waals surface area contributed by atoms with Crippen molar-refractivity contribution >= 4 is 12.1 Å². The number of amides is 1. The predicted octanol–water partition coefficient (Wildman–Crippen LogP) is 3.65. The van der Waals surface area contributed by atoms with Gasteiger partial charge in [-0.15, -0.1) is 0 Å². The molecule has 0 radical (unpaired) electrons. The Hall–Kier alpha value is -4.64. The quantitative estimate of drug-likeness (QED) is 0.184. The van der Waals surface area contributed by atoms with Crippen molar-refractivity contribution in [2.24, 2.45) is 11.8 Å². The lowest BCUT2D eigenvalue weighted by Crippen LogP contribution is -2.60. The number of carbonyl (C=O) groups is 2. The van der Waals surface area contributed by atoms with E-state index >= 15 is 0 Å². The second kappa shape index (κ2) is 17.7. The summed E-state index contributed by atoms with van der Waals surface area (Å²) in [6, 6.07) is 18.8. The molecule has 3 aromatic rings. The fourth-order valence-electron chi connectivity index (χ4n) is 7.26. The van der Waals surface area contributed by atoms with Crippen LogP contribution in [0.15, 0.2) is 66.7 Å². The molecule has 56 heavy (non-hydrogen) atoms. The van der Waals surface area contributed by atoms with Crippen LogP contribution in [0.3, 0.4) is 0 Å². The van der Waals surface area contributed by atoms with E-state index in [1.165, 1.54) is 7.11 Å². The van der Waals surface area contributed by atoms with E-state index in [4.69, 9.17) is 42.6 Å². The van der Waals surface area contributed by atoms with Crippen molar-refractivity contribution in [1.29, 1.82) is 0 Å². The van der Waals surface area contributed by atoms with Crippen molar-refractivity contribution in [2.45, 2.75) is 81.7 Å². The average molecular weight is 782 g/mol. The van der Waals surface area contributed by atoms with E-state index in [9.17, 15) is 24.9 Å². The Bertz CT molecular complexity index is 1800. The zero-order valence-corrected chi connectivity index (χ0v) is 32.3. The maximum atomic E-state index is 13.3. The van der Waals surface area contributed by atoms with Gasteiger partial charge in [-0.05, 0) is 61.7 Å². The van der Waals surface area contributed by atoms with Gasteiger partial charge in [-0.2, -0.15) is 0 Å². The summed E-state index contributed by atoms with van der Waals surface area (Å²) in [5.41, 5.74) is 1.74. The van der Waals surface area contributed by atoms with Crippen molar-refractivity contribution in [3.05, 3.63) is 83.4 Å². The van der Waals surface area contributed by atoms with Gasteiger partial charge in [0.2, 0.25) is 6.29 Å². The lowest BCUT2D eigenvalue weighted by atomic mass is 9.85. The molecule has 3 saturated heterocycles. The third-order valence-electron chi connectivity index (χ3n) is 10.1. The smallest absolute Gasteiger partial charge is 0.408 e. The molecule has 0 saturated carbocycles. The Morgan fingerprint density at radius 1 is 0.768 bits per heavy atom. The summed E-state index contributed by atoms with van der Waals surface area (Å²) in [7, 11) is 4.65. The van der Waals surface area contributed by atoms with Crippen LogP contribution >= 0.6 is 0 Å². The molecule has 6 rings (SSSR count). The van der Waals surface area contributed by atoms with Crippen LogP contribution in [0, 0.1) is 11.8 Å². The molecular formula is C41H51NO14. The highest BCUT2D eigenvalue weighted by molar-refractivity contribution is 5.81. The number of aliphatic hydroxyl groups is 3. The van der Waals surface area contributed by atoms with Crippen LogP contribution in [0.2, 0.25) is 0 Å². The first-order valence-electron chi connectivity index (χ1n) is 18.5. The highest BCUT2D eigenvalue weighted by Gasteiger charge is 2.49. The molecule has 3 fully saturated rings. The fourth-order valence-corrected chi connectivity index (χ4v) is 7.26. The molecule has 10 atom stereocenters. The second-order valence-corrected chi connectivity index (χ2v) is 15.0. The van der Waals surface area contributed by atoms with Gasteiger partial charge in [-0.25, -0.2) is 9.59 Å². The predicted molar refractivity (Wildman–Crippen MR) is 198 cm³/mol. The molecule has 3 heterocycles. The number of aliphatic hydroxyl groups excluding tert-OH is 3. The SMILES string of the molecule is COc1ccc([C@@H]2OC[C@H]3[C@@H]2CO[C@@H]3c2ccc(O[C@H]3O[C@H](COC(=O)[C@H](Cc4ccccc4)NC(=O)OC(C)(C)C)[C@@H](O)[C@H](O)[C@H]3O)c(OC)c2)cc1OC. The topological polar surface area (TPSA) is 190 Å². The number of hydrogen-bond donors (Lipinski definition) is 4. The Balaban J connectivity index is 1.11. The molecule has 304 valence electrons. The zero-order valence-electron chi connectivity index (χ0n) is 32.3. The number of rotatable bonds is 13. The fraction of sp³-hybridized carbons (Fsp3) is 0.512. The Morgan fingerprint density at radius 3 is 1.91 bits per heavy atom. The summed E-state index contributed by atoms with van der Waals surface area (Å²) >= 11 is 0. The van der Waals surface area contributed by atoms with E-state index in [-0.39, 0.29) is 36.2 Å². The molecule has 15 heteroatoms. The number of methoxy groups -OCH3 is 3. The van der Waals surface area contributed by atoms with E-state index in [0.29, 0.717) is 30.5 Å². The van der Waals surface area contributed by atoms with E-state index in [0.717, 1.165) is 16.7 Å². The zero-order chi connectivity index (χ0) is 40.1. The van der Waals surface area contributed by atoms with Gasteiger partial charge in [0.05, 0.1) is 46.8 Å².